The molecular weight excluding hydrogens is 673 g/mol. The molecule has 0 saturated carbocycles. The molecule has 1 aliphatic carbocycles. The second kappa shape index (κ2) is 11.5. The lowest BCUT2D eigenvalue weighted by Gasteiger charge is -2.20. The van der Waals surface area contributed by atoms with Crippen molar-refractivity contribution >= 4 is 97.7 Å². The van der Waals surface area contributed by atoms with Gasteiger partial charge in [-0.05, 0) is 84.1 Å². The molecular formula is C52H32OS. The van der Waals surface area contributed by atoms with E-state index in [0.29, 0.717) is 0 Å². The fraction of sp³-hybridized carbons (Fsp3) is 0.0385. The first-order chi connectivity index (χ1) is 26.8. The molecule has 1 aliphatic rings. The van der Waals surface area contributed by atoms with Gasteiger partial charge in [-0.15, -0.1) is 11.3 Å². The SMILES string of the molecule is C1=c2oc3c(c2=CC(c2cccc(-c4c5ccccc5c(-c5cccc6ccccc56)c5ccccc45)c2)C1)c1ccccc1c1sc2ccccc2c31. The summed E-state index contributed by atoms with van der Waals surface area (Å²) in [6, 6.07) is 60.3. The highest BCUT2D eigenvalue weighted by molar-refractivity contribution is 7.27. The molecule has 1 unspecified atom stereocenters. The van der Waals surface area contributed by atoms with E-state index < -0.39 is 0 Å². The molecule has 54 heavy (non-hydrogen) atoms. The van der Waals surface area contributed by atoms with Crippen molar-refractivity contribution in [3.63, 3.8) is 0 Å². The van der Waals surface area contributed by atoms with E-state index in [0.717, 1.165) is 17.4 Å². The summed E-state index contributed by atoms with van der Waals surface area (Å²) in [5, 5.41) is 15.2. The summed E-state index contributed by atoms with van der Waals surface area (Å²) in [4.78, 5) is 0. The van der Waals surface area contributed by atoms with Crippen LogP contribution in [0.3, 0.4) is 0 Å². The van der Waals surface area contributed by atoms with Crippen LogP contribution in [0.5, 0.6) is 0 Å². The molecule has 0 radical (unpaired) electrons. The summed E-state index contributed by atoms with van der Waals surface area (Å²) < 4.78 is 9.45. The minimum absolute atomic E-state index is 0.222. The number of hydrogen-bond acceptors (Lipinski definition) is 2. The van der Waals surface area contributed by atoms with Gasteiger partial charge >= 0.3 is 0 Å². The second-order valence-corrected chi connectivity index (χ2v) is 15.7. The number of benzene rings is 9. The van der Waals surface area contributed by atoms with Gasteiger partial charge in [0.15, 0.2) is 0 Å². The highest BCUT2D eigenvalue weighted by Gasteiger charge is 2.22. The van der Waals surface area contributed by atoms with Crippen LogP contribution in [-0.2, 0) is 0 Å². The minimum atomic E-state index is 0.222. The Balaban J connectivity index is 1.08. The van der Waals surface area contributed by atoms with E-state index in [9.17, 15) is 0 Å². The Morgan fingerprint density at radius 2 is 1.11 bits per heavy atom. The van der Waals surface area contributed by atoms with E-state index in [-0.39, 0.29) is 5.92 Å². The summed E-state index contributed by atoms with van der Waals surface area (Å²) in [5.41, 5.74) is 8.44. The topological polar surface area (TPSA) is 13.1 Å². The van der Waals surface area contributed by atoms with Crippen molar-refractivity contribution in [2.45, 2.75) is 12.3 Å². The fourth-order valence-corrected chi connectivity index (χ4v) is 10.7. The van der Waals surface area contributed by atoms with E-state index in [1.807, 2.05) is 11.3 Å². The molecule has 0 bridgehead atoms. The van der Waals surface area contributed by atoms with Crippen LogP contribution in [0.25, 0.3) is 109 Å². The maximum Gasteiger partial charge on any atom is 0.145 e. The Morgan fingerprint density at radius 1 is 0.500 bits per heavy atom. The molecule has 1 atom stereocenters. The van der Waals surface area contributed by atoms with Gasteiger partial charge in [0.05, 0.1) is 0 Å². The summed E-state index contributed by atoms with van der Waals surface area (Å²) in [5.74, 6) is 0.222. The standard InChI is InChI=1S/C52H32OS/c1-2-17-35-31(13-1)14-12-25-36(35)48-39-20-5-3-18-37(39)47(38-19-4-6-21-40(38)48)34-16-11-15-32(29-34)33-27-28-45-44(30-33)49-41-22-7-8-23-42(41)52-50(51(49)53-45)43-24-9-10-26-46(43)54-52/h1-26,28-30,33H,27H2. The van der Waals surface area contributed by atoms with Gasteiger partial charge in [0.1, 0.15) is 11.0 Å². The van der Waals surface area contributed by atoms with Crippen LogP contribution >= 0.6 is 11.3 Å². The maximum atomic E-state index is 6.85. The van der Waals surface area contributed by atoms with Crippen molar-refractivity contribution in [1.29, 1.82) is 0 Å². The zero-order valence-corrected chi connectivity index (χ0v) is 30.2. The van der Waals surface area contributed by atoms with Crippen LogP contribution in [0.15, 0.2) is 168 Å². The van der Waals surface area contributed by atoms with Gasteiger partial charge in [0, 0.05) is 42.1 Å². The maximum absolute atomic E-state index is 6.85. The monoisotopic (exact) mass is 704 g/mol. The molecule has 2 heterocycles. The molecule has 11 aromatic rings. The Kier molecular flexibility index (Phi) is 6.40. The van der Waals surface area contributed by atoms with Crippen molar-refractivity contribution in [2.24, 2.45) is 0 Å². The molecule has 9 aromatic carbocycles. The molecule has 2 heteroatoms. The van der Waals surface area contributed by atoms with Gasteiger partial charge in [-0.3, -0.25) is 0 Å². The Bertz CT molecular complexity index is 3430. The normalized spacial score (nSPS) is 14.3. The molecule has 0 N–H and O–H groups in total. The second-order valence-electron chi connectivity index (χ2n) is 14.6. The van der Waals surface area contributed by atoms with Crippen LogP contribution < -0.4 is 10.6 Å². The highest BCUT2D eigenvalue weighted by atomic mass is 32.1. The van der Waals surface area contributed by atoms with E-state index >= 15 is 0 Å². The summed E-state index contributed by atoms with van der Waals surface area (Å²) >= 11 is 1.87. The summed E-state index contributed by atoms with van der Waals surface area (Å²) in [6.45, 7) is 0. The zero-order chi connectivity index (χ0) is 35.3. The van der Waals surface area contributed by atoms with Crippen molar-refractivity contribution in [1.82, 2.24) is 0 Å². The molecule has 252 valence electrons. The number of hydrogen-bond donors (Lipinski definition) is 0. The number of thiophene rings is 1. The predicted octanol–water partition coefficient (Wildman–Crippen LogP) is 13.5. The van der Waals surface area contributed by atoms with Gasteiger partial charge in [-0.25, -0.2) is 0 Å². The lowest BCUT2D eigenvalue weighted by molar-refractivity contribution is 0.573. The highest BCUT2D eigenvalue weighted by Crippen LogP contribution is 2.46. The third-order valence-electron chi connectivity index (χ3n) is 11.8. The summed E-state index contributed by atoms with van der Waals surface area (Å²) in [6.07, 6.45) is 5.70. The smallest absolute Gasteiger partial charge is 0.145 e. The van der Waals surface area contributed by atoms with Gasteiger partial charge in [-0.1, -0.05) is 164 Å². The zero-order valence-electron chi connectivity index (χ0n) is 29.3. The molecule has 0 saturated heterocycles. The third-order valence-corrected chi connectivity index (χ3v) is 13.0. The summed E-state index contributed by atoms with van der Waals surface area (Å²) in [7, 11) is 0. The Labute approximate surface area is 315 Å². The van der Waals surface area contributed by atoms with Gasteiger partial charge in [0.25, 0.3) is 0 Å². The van der Waals surface area contributed by atoms with Gasteiger partial charge in [-0.2, -0.15) is 0 Å². The van der Waals surface area contributed by atoms with Crippen LogP contribution in [0.1, 0.15) is 17.9 Å². The quantitative estimate of drug-likeness (QED) is 0.167. The van der Waals surface area contributed by atoms with Crippen molar-refractivity contribution in [3.8, 4) is 22.3 Å². The molecule has 0 spiro atoms. The van der Waals surface area contributed by atoms with E-state index in [1.165, 1.54) is 102 Å². The largest absolute Gasteiger partial charge is 0.456 e. The predicted molar refractivity (Wildman–Crippen MR) is 232 cm³/mol. The molecule has 0 amide bonds. The van der Waals surface area contributed by atoms with E-state index in [2.05, 4.69) is 176 Å². The lowest BCUT2D eigenvalue weighted by Crippen LogP contribution is -2.25. The molecule has 0 aliphatic heterocycles. The van der Waals surface area contributed by atoms with Crippen molar-refractivity contribution in [2.75, 3.05) is 0 Å². The first-order valence-corrected chi connectivity index (χ1v) is 19.6. The van der Waals surface area contributed by atoms with Crippen LogP contribution in [0.2, 0.25) is 0 Å². The van der Waals surface area contributed by atoms with Crippen LogP contribution in [0, 0.1) is 0 Å². The van der Waals surface area contributed by atoms with E-state index in [4.69, 9.17) is 4.42 Å². The Morgan fingerprint density at radius 3 is 1.89 bits per heavy atom. The molecule has 2 aromatic heterocycles. The lowest BCUT2D eigenvalue weighted by atomic mass is 9.83. The van der Waals surface area contributed by atoms with Gasteiger partial charge in [0.2, 0.25) is 0 Å². The molecule has 12 rings (SSSR count). The van der Waals surface area contributed by atoms with Crippen molar-refractivity contribution < 1.29 is 4.42 Å². The fourth-order valence-electron chi connectivity index (χ4n) is 9.42. The van der Waals surface area contributed by atoms with Crippen molar-refractivity contribution in [3.05, 3.63) is 180 Å². The average Bonchev–Trinajstić information content (AvgIpc) is 3.82. The van der Waals surface area contributed by atoms with Gasteiger partial charge < -0.3 is 4.42 Å². The van der Waals surface area contributed by atoms with E-state index in [1.54, 1.807) is 0 Å². The number of rotatable bonds is 3. The molecule has 1 nitrogen and oxygen atoms in total. The number of furan rings is 1. The molecule has 0 fully saturated rings. The third kappa shape index (κ3) is 4.26. The first kappa shape index (κ1) is 30.0. The van der Waals surface area contributed by atoms with Crippen LogP contribution in [-0.4, -0.2) is 0 Å². The van der Waals surface area contributed by atoms with Crippen LogP contribution in [0.4, 0.5) is 0 Å². The first-order valence-electron chi connectivity index (χ1n) is 18.8. The Hall–Kier alpha value is -6.48. The minimum Gasteiger partial charge on any atom is -0.456 e. The number of fused-ring (bicyclic) bond motifs is 13. The average molecular weight is 705 g/mol.